The molecule has 1 rings (SSSR count). The van der Waals surface area contributed by atoms with Crippen molar-refractivity contribution in [2.24, 2.45) is 5.92 Å². The first kappa shape index (κ1) is 18.9. The summed E-state index contributed by atoms with van der Waals surface area (Å²) in [5.74, 6) is 0.694. The molecule has 104 valence electrons. The van der Waals surface area contributed by atoms with Gasteiger partial charge in [-0.1, -0.05) is 34.6 Å². The summed E-state index contributed by atoms with van der Waals surface area (Å²) in [7, 11) is 3.86. The summed E-state index contributed by atoms with van der Waals surface area (Å²) in [5, 5.41) is 0. The maximum Gasteiger partial charge on any atom is 0.149 e. The normalized spacial score (nSPS) is 24.3. The van der Waals surface area contributed by atoms with E-state index in [0.717, 1.165) is 13.0 Å². The van der Waals surface area contributed by atoms with Gasteiger partial charge in [0.05, 0.1) is 12.1 Å². The second-order valence-corrected chi connectivity index (χ2v) is 4.12. The van der Waals surface area contributed by atoms with Crippen LogP contribution in [0.3, 0.4) is 0 Å². The van der Waals surface area contributed by atoms with Crippen LogP contribution in [0, 0.1) is 5.92 Å². The molecule has 1 aliphatic rings. The highest BCUT2D eigenvalue weighted by molar-refractivity contribution is 5.82. The molecule has 0 unspecified atom stereocenters. The molecule has 0 amide bonds. The Morgan fingerprint density at radius 1 is 1.24 bits per heavy atom. The Labute approximate surface area is 108 Å². The van der Waals surface area contributed by atoms with Crippen LogP contribution < -0.4 is 0 Å². The number of ether oxygens (including phenoxy) is 1. The number of hydrogen-bond donors (Lipinski definition) is 0. The van der Waals surface area contributed by atoms with Gasteiger partial charge in [-0.2, -0.15) is 0 Å². The van der Waals surface area contributed by atoms with Gasteiger partial charge in [0.2, 0.25) is 0 Å². The predicted octanol–water partition coefficient (Wildman–Crippen LogP) is 2.98. The number of carbonyl (C=O) groups is 1. The summed E-state index contributed by atoms with van der Waals surface area (Å²) in [6, 6.07) is -0.0718. The van der Waals surface area contributed by atoms with Gasteiger partial charge in [-0.15, -0.1) is 0 Å². The first-order valence-corrected chi connectivity index (χ1v) is 6.82. The molecule has 1 saturated heterocycles. The van der Waals surface area contributed by atoms with E-state index in [-0.39, 0.29) is 17.9 Å². The average Bonchev–Trinajstić information content (AvgIpc) is 2.70. The van der Waals surface area contributed by atoms with E-state index < -0.39 is 0 Å². The topological polar surface area (TPSA) is 29.5 Å². The molecule has 1 heterocycles. The minimum Gasteiger partial charge on any atom is -0.376 e. The van der Waals surface area contributed by atoms with Crippen LogP contribution in [0.1, 0.15) is 48.0 Å². The minimum absolute atomic E-state index is 0.0718. The van der Waals surface area contributed by atoms with Crippen LogP contribution in [-0.4, -0.2) is 43.5 Å². The summed E-state index contributed by atoms with van der Waals surface area (Å²) in [6.45, 7) is 12.6. The molecule has 0 saturated carbocycles. The average molecular weight is 245 g/mol. The van der Waals surface area contributed by atoms with Crippen molar-refractivity contribution >= 4 is 5.78 Å². The minimum atomic E-state index is -0.0718. The van der Waals surface area contributed by atoms with Crippen LogP contribution in [0.25, 0.3) is 0 Å². The number of Topliss-reactive ketones (excluding diaryl/α,β-unsaturated/α-hetero) is 1. The Morgan fingerprint density at radius 3 is 1.94 bits per heavy atom. The SMILES string of the molecule is CC.CC.CC(=O)[C@H]([C@@H]1OCC[C@H]1C)N(C)C. The van der Waals surface area contributed by atoms with Crippen molar-refractivity contribution in [2.45, 2.75) is 60.1 Å². The lowest BCUT2D eigenvalue weighted by Gasteiger charge is -2.29. The highest BCUT2D eigenvalue weighted by Crippen LogP contribution is 2.25. The molecule has 0 N–H and O–H groups in total. The fourth-order valence-electron chi connectivity index (χ4n) is 2.01. The van der Waals surface area contributed by atoms with Gasteiger partial charge in [-0.3, -0.25) is 9.69 Å². The molecular weight excluding hydrogens is 214 g/mol. The van der Waals surface area contributed by atoms with Gasteiger partial charge in [-0.25, -0.2) is 0 Å². The van der Waals surface area contributed by atoms with Crippen molar-refractivity contribution in [3.63, 3.8) is 0 Å². The fraction of sp³-hybridized carbons (Fsp3) is 0.929. The van der Waals surface area contributed by atoms with E-state index in [1.54, 1.807) is 6.92 Å². The quantitative estimate of drug-likeness (QED) is 0.765. The van der Waals surface area contributed by atoms with Crippen LogP contribution in [0.15, 0.2) is 0 Å². The monoisotopic (exact) mass is 245 g/mol. The highest BCUT2D eigenvalue weighted by Gasteiger charge is 2.35. The van der Waals surface area contributed by atoms with Crippen molar-refractivity contribution in [2.75, 3.05) is 20.7 Å². The van der Waals surface area contributed by atoms with Crippen molar-refractivity contribution in [3.8, 4) is 0 Å². The molecule has 0 spiro atoms. The van der Waals surface area contributed by atoms with E-state index in [4.69, 9.17) is 4.74 Å². The zero-order valence-electron chi connectivity index (χ0n) is 12.9. The lowest BCUT2D eigenvalue weighted by Crippen LogP contribution is -2.46. The van der Waals surface area contributed by atoms with Crippen LogP contribution in [0.4, 0.5) is 0 Å². The number of hydrogen-bond acceptors (Lipinski definition) is 3. The number of carbonyl (C=O) groups excluding carboxylic acids is 1. The molecule has 3 atom stereocenters. The first-order valence-electron chi connectivity index (χ1n) is 6.82. The predicted molar refractivity (Wildman–Crippen MR) is 74.4 cm³/mol. The zero-order valence-corrected chi connectivity index (χ0v) is 12.9. The van der Waals surface area contributed by atoms with Crippen LogP contribution in [-0.2, 0) is 9.53 Å². The molecular formula is C14H31NO2. The third-order valence-corrected chi connectivity index (χ3v) is 2.73. The Bertz CT molecular complexity index is 193. The van der Waals surface area contributed by atoms with Crippen LogP contribution in [0.2, 0.25) is 0 Å². The summed E-state index contributed by atoms with van der Waals surface area (Å²) in [6.07, 6.45) is 1.16. The van der Waals surface area contributed by atoms with Crippen molar-refractivity contribution in [1.82, 2.24) is 4.90 Å². The molecule has 1 aliphatic heterocycles. The van der Waals surface area contributed by atoms with Crippen LogP contribution in [0.5, 0.6) is 0 Å². The Hall–Kier alpha value is -0.410. The third-order valence-electron chi connectivity index (χ3n) is 2.73. The molecule has 0 radical (unpaired) electrons. The molecule has 17 heavy (non-hydrogen) atoms. The van der Waals surface area contributed by atoms with Gasteiger partial charge in [0.25, 0.3) is 0 Å². The molecule has 0 aromatic heterocycles. The number of likely N-dealkylation sites (N-methyl/N-ethyl adjacent to an activating group) is 1. The number of ketones is 1. The van der Waals surface area contributed by atoms with E-state index in [1.165, 1.54) is 0 Å². The van der Waals surface area contributed by atoms with E-state index in [9.17, 15) is 4.79 Å². The zero-order chi connectivity index (χ0) is 14.0. The summed E-state index contributed by atoms with van der Waals surface area (Å²) in [4.78, 5) is 13.3. The molecule has 0 aromatic rings. The first-order chi connectivity index (χ1) is 8.04. The molecule has 3 heteroatoms. The number of nitrogens with zero attached hydrogens (tertiary/aromatic N) is 1. The molecule has 0 aliphatic carbocycles. The van der Waals surface area contributed by atoms with E-state index in [1.807, 2.05) is 46.7 Å². The molecule has 0 aromatic carbocycles. The maximum absolute atomic E-state index is 11.4. The lowest BCUT2D eigenvalue weighted by atomic mass is 9.95. The van der Waals surface area contributed by atoms with Gasteiger partial charge in [0.15, 0.2) is 0 Å². The van der Waals surface area contributed by atoms with Gasteiger partial charge in [0.1, 0.15) is 5.78 Å². The van der Waals surface area contributed by atoms with Crippen molar-refractivity contribution < 1.29 is 9.53 Å². The summed E-state index contributed by atoms with van der Waals surface area (Å²) in [5.41, 5.74) is 0. The highest BCUT2D eigenvalue weighted by atomic mass is 16.5. The molecule has 3 nitrogen and oxygen atoms in total. The number of rotatable bonds is 3. The van der Waals surface area contributed by atoms with Gasteiger partial charge >= 0.3 is 0 Å². The van der Waals surface area contributed by atoms with Gasteiger partial charge < -0.3 is 4.74 Å². The largest absolute Gasteiger partial charge is 0.376 e. The van der Waals surface area contributed by atoms with Crippen molar-refractivity contribution in [1.29, 1.82) is 0 Å². The Balaban J connectivity index is 0. The van der Waals surface area contributed by atoms with E-state index in [2.05, 4.69) is 6.92 Å². The Morgan fingerprint density at radius 2 is 1.71 bits per heavy atom. The molecule has 1 fully saturated rings. The van der Waals surface area contributed by atoms with E-state index >= 15 is 0 Å². The lowest BCUT2D eigenvalue weighted by molar-refractivity contribution is -0.126. The van der Waals surface area contributed by atoms with E-state index in [0.29, 0.717) is 5.92 Å². The smallest absolute Gasteiger partial charge is 0.149 e. The standard InChI is InChI=1S/C10H19NO2.2C2H6/c1-7-5-6-13-10(7)9(8(2)12)11(3)4;2*1-2/h7,9-10H,5-6H2,1-4H3;2*1-2H3/t7-,9-,10-;;/m1../s1. The second kappa shape index (κ2) is 10.7. The van der Waals surface area contributed by atoms with Crippen molar-refractivity contribution in [3.05, 3.63) is 0 Å². The molecule has 0 bridgehead atoms. The van der Waals surface area contributed by atoms with Gasteiger partial charge in [0, 0.05) is 6.61 Å². The summed E-state index contributed by atoms with van der Waals surface area (Å²) < 4.78 is 5.59. The maximum atomic E-state index is 11.4. The fourth-order valence-corrected chi connectivity index (χ4v) is 2.01. The van der Waals surface area contributed by atoms with Gasteiger partial charge in [-0.05, 0) is 33.4 Å². The third kappa shape index (κ3) is 6.18. The Kier molecular flexibility index (Phi) is 12.0. The second-order valence-electron chi connectivity index (χ2n) is 4.12. The van der Waals surface area contributed by atoms with Crippen LogP contribution >= 0.6 is 0 Å². The summed E-state index contributed by atoms with van der Waals surface area (Å²) >= 11 is 0.